The zero-order chi connectivity index (χ0) is 13.0. The van der Waals surface area contributed by atoms with E-state index >= 15 is 0 Å². The minimum atomic E-state index is 0.396. The van der Waals surface area contributed by atoms with Crippen molar-refractivity contribution in [1.82, 2.24) is 24.9 Å². The lowest BCUT2D eigenvalue weighted by Gasteiger charge is -2.13. The van der Waals surface area contributed by atoms with Crippen molar-refractivity contribution in [1.29, 1.82) is 0 Å². The van der Waals surface area contributed by atoms with Gasteiger partial charge in [0.25, 0.3) is 0 Å². The standard InChI is InChI=1S/C13H21N5/c1-4-13(14-5-2)11-8-15-18(9-11)10-12-6-7-17(3)16-12/h6-9,13-14H,4-5,10H2,1-3H3. The molecule has 2 heterocycles. The van der Waals surface area contributed by atoms with Crippen molar-refractivity contribution < 1.29 is 0 Å². The van der Waals surface area contributed by atoms with Gasteiger partial charge < -0.3 is 5.32 Å². The summed E-state index contributed by atoms with van der Waals surface area (Å²) in [6.07, 6.45) is 7.07. The van der Waals surface area contributed by atoms with Gasteiger partial charge in [0.05, 0.1) is 18.4 Å². The largest absolute Gasteiger partial charge is 0.310 e. The minimum absolute atomic E-state index is 0.396. The Hall–Kier alpha value is -1.62. The molecule has 0 saturated heterocycles. The van der Waals surface area contributed by atoms with Gasteiger partial charge in [-0.1, -0.05) is 13.8 Å². The van der Waals surface area contributed by atoms with E-state index in [0.717, 1.165) is 25.2 Å². The average Bonchev–Trinajstić information content (AvgIpc) is 2.96. The second kappa shape index (κ2) is 5.82. The van der Waals surface area contributed by atoms with Crippen LogP contribution in [0.4, 0.5) is 0 Å². The van der Waals surface area contributed by atoms with Crippen molar-refractivity contribution in [2.45, 2.75) is 32.9 Å². The Labute approximate surface area is 108 Å². The predicted molar refractivity (Wildman–Crippen MR) is 71.2 cm³/mol. The average molecular weight is 247 g/mol. The van der Waals surface area contributed by atoms with Gasteiger partial charge in [0.15, 0.2) is 0 Å². The first-order valence-corrected chi connectivity index (χ1v) is 6.47. The van der Waals surface area contributed by atoms with E-state index in [9.17, 15) is 0 Å². The summed E-state index contributed by atoms with van der Waals surface area (Å²) in [5.74, 6) is 0. The van der Waals surface area contributed by atoms with Crippen molar-refractivity contribution in [3.63, 3.8) is 0 Å². The van der Waals surface area contributed by atoms with Crippen molar-refractivity contribution in [2.24, 2.45) is 7.05 Å². The lowest BCUT2D eigenvalue weighted by Crippen LogP contribution is -2.19. The highest BCUT2D eigenvalue weighted by Crippen LogP contribution is 2.15. The second-order valence-electron chi connectivity index (χ2n) is 4.47. The van der Waals surface area contributed by atoms with Crippen LogP contribution in [-0.4, -0.2) is 26.1 Å². The van der Waals surface area contributed by atoms with Crippen LogP contribution < -0.4 is 5.32 Å². The van der Waals surface area contributed by atoms with Gasteiger partial charge in [0.1, 0.15) is 0 Å². The molecule has 0 bridgehead atoms. The molecule has 1 atom stereocenters. The Balaban J connectivity index is 2.05. The van der Waals surface area contributed by atoms with Crippen LogP contribution in [0.25, 0.3) is 0 Å². The molecule has 5 nitrogen and oxygen atoms in total. The second-order valence-corrected chi connectivity index (χ2v) is 4.47. The molecule has 5 heteroatoms. The quantitative estimate of drug-likeness (QED) is 0.845. The third-order valence-corrected chi connectivity index (χ3v) is 3.01. The zero-order valence-corrected chi connectivity index (χ0v) is 11.3. The molecule has 1 N–H and O–H groups in total. The summed E-state index contributed by atoms with van der Waals surface area (Å²) in [7, 11) is 1.93. The van der Waals surface area contributed by atoms with Crippen LogP contribution in [0, 0.1) is 0 Å². The maximum Gasteiger partial charge on any atom is 0.0849 e. The Bertz CT molecular complexity index is 485. The van der Waals surface area contributed by atoms with Crippen LogP contribution in [0.2, 0.25) is 0 Å². The molecule has 18 heavy (non-hydrogen) atoms. The molecular formula is C13H21N5. The molecular weight excluding hydrogens is 226 g/mol. The molecule has 2 rings (SSSR count). The predicted octanol–water partition coefficient (Wildman–Crippen LogP) is 1.73. The van der Waals surface area contributed by atoms with Crippen molar-refractivity contribution in [3.05, 3.63) is 35.9 Å². The van der Waals surface area contributed by atoms with Gasteiger partial charge in [-0.05, 0) is 19.0 Å². The number of nitrogens with one attached hydrogen (secondary N) is 1. The summed E-state index contributed by atoms with van der Waals surface area (Å²) < 4.78 is 3.75. The van der Waals surface area contributed by atoms with E-state index < -0.39 is 0 Å². The minimum Gasteiger partial charge on any atom is -0.310 e. The first-order chi connectivity index (χ1) is 8.72. The summed E-state index contributed by atoms with van der Waals surface area (Å²) in [5, 5.41) is 12.2. The Kier molecular flexibility index (Phi) is 4.15. The highest BCUT2D eigenvalue weighted by atomic mass is 15.3. The van der Waals surface area contributed by atoms with Crippen molar-refractivity contribution in [2.75, 3.05) is 6.54 Å². The SMILES string of the molecule is CCNC(CC)c1cnn(Cc2ccn(C)n2)c1. The van der Waals surface area contributed by atoms with Gasteiger partial charge in [-0.2, -0.15) is 10.2 Å². The Morgan fingerprint density at radius 1 is 1.39 bits per heavy atom. The Morgan fingerprint density at radius 3 is 2.83 bits per heavy atom. The van der Waals surface area contributed by atoms with Crippen LogP contribution in [-0.2, 0) is 13.6 Å². The summed E-state index contributed by atoms with van der Waals surface area (Å²) >= 11 is 0. The zero-order valence-electron chi connectivity index (χ0n) is 11.3. The van der Waals surface area contributed by atoms with E-state index in [0.29, 0.717) is 6.04 Å². The first-order valence-electron chi connectivity index (χ1n) is 6.47. The monoisotopic (exact) mass is 247 g/mol. The van der Waals surface area contributed by atoms with E-state index in [1.54, 1.807) is 0 Å². The maximum absolute atomic E-state index is 4.40. The number of hydrogen-bond donors (Lipinski definition) is 1. The van der Waals surface area contributed by atoms with Crippen LogP contribution in [0.5, 0.6) is 0 Å². The smallest absolute Gasteiger partial charge is 0.0849 e. The number of hydrogen-bond acceptors (Lipinski definition) is 3. The van der Waals surface area contributed by atoms with Gasteiger partial charge in [0, 0.05) is 31.0 Å². The number of aromatic nitrogens is 4. The highest BCUT2D eigenvalue weighted by molar-refractivity contribution is 5.11. The number of nitrogens with zero attached hydrogens (tertiary/aromatic N) is 4. The van der Waals surface area contributed by atoms with E-state index in [1.807, 2.05) is 34.9 Å². The lowest BCUT2D eigenvalue weighted by atomic mass is 10.1. The molecule has 0 aliphatic rings. The third-order valence-electron chi connectivity index (χ3n) is 3.01. The topological polar surface area (TPSA) is 47.7 Å². The molecule has 0 radical (unpaired) electrons. The third kappa shape index (κ3) is 2.98. The fourth-order valence-corrected chi connectivity index (χ4v) is 2.10. The van der Waals surface area contributed by atoms with E-state index in [-0.39, 0.29) is 0 Å². The van der Waals surface area contributed by atoms with Crippen molar-refractivity contribution in [3.8, 4) is 0 Å². The van der Waals surface area contributed by atoms with Crippen LogP contribution >= 0.6 is 0 Å². The van der Waals surface area contributed by atoms with Crippen molar-refractivity contribution >= 4 is 0 Å². The molecule has 0 fully saturated rings. The van der Waals surface area contributed by atoms with E-state index in [1.165, 1.54) is 5.56 Å². The maximum atomic E-state index is 4.40. The molecule has 0 aromatic carbocycles. The van der Waals surface area contributed by atoms with Crippen LogP contribution in [0.3, 0.4) is 0 Å². The molecule has 0 amide bonds. The number of aryl methyl sites for hydroxylation is 1. The van der Waals surface area contributed by atoms with Gasteiger partial charge in [-0.3, -0.25) is 9.36 Å². The highest BCUT2D eigenvalue weighted by Gasteiger charge is 2.10. The molecule has 0 aliphatic carbocycles. The van der Waals surface area contributed by atoms with Crippen LogP contribution in [0.15, 0.2) is 24.7 Å². The molecule has 1 unspecified atom stereocenters. The summed E-state index contributed by atoms with van der Waals surface area (Å²) in [5.41, 5.74) is 2.28. The summed E-state index contributed by atoms with van der Waals surface area (Å²) in [4.78, 5) is 0. The molecule has 0 spiro atoms. The van der Waals surface area contributed by atoms with E-state index in [2.05, 4.69) is 35.6 Å². The summed E-state index contributed by atoms with van der Waals surface area (Å²) in [6.45, 7) is 6.01. The molecule has 2 aromatic rings. The lowest BCUT2D eigenvalue weighted by molar-refractivity contribution is 0.536. The molecule has 98 valence electrons. The van der Waals surface area contributed by atoms with Gasteiger partial charge in [-0.25, -0.2) is 0 Å². The fourth-order valence-electron chi connectivity index (χ4n) is 2.10. The van der Waals surface area contributed by atoms with E-state index in [4.69, 9.17) is 0 Å². The van der Waals surface area contributed by atoms with Crippen LogP contribution in [0.1, 0.15) is 37.6 Å². The fraction of sp³-hybridized carbons (Fsp3) is 0.538. The first kappa shape index (κ1) is 12.8. The molecule has 2 aromatic heterocycles. The molecule has 0 aliphatic heterocycles. The molecule has 0 saturated carbocycles. The summed E-state index contributed by atoms with van der Waals surface area (Å²) in [6, 6.07) is 2.41. The normalized spacial score (nSPS) is 12.8. The van der Waals surface area contributed by atoms with Gasteiger partial charge >= 0.3 is 0 Å². The number of rotatable bonds is 6. The Morgan fingerprint density at radius 2 is 2.22 bits per heavy atom. The van der Waals surface area contributed by atoms with Gasteiger partial charge in [-0.15, -0.1) is 0 Å². The van der Waals surface area contributed by atoms with Gasteiger partial charge in [0.2, 0.25) is 0 Å².